The molecule has 0 bridgehead atoms. The summed E-state index contributed by atoms with van der Waals surface area (Å²) in [6.45, 7) is -0.0249. The van der Waals surface area contributed by atoms with Crippen molar-refractivity contribution in [2.24, 2.45) is 0 Å². The van der Waals surface area contributed by atoms with E-state index < -0.39 is 0 Å². The molecule has 5 heteroatoms. The Kier molecular flexibility index (Phi) is 5.11. The van der Waals surface area contributed by atoms with Crippen LogP contribution < -0.4 is 5.32 Å². The maximum atomic E-state index is 9.55. The average molecular weight is 361 g/mol. The summed E-state index contributed by atoms with van der Waals surface area (Å²) in [5, 5.41) is 14.1. The second-order valence-corrected chi connectivity index (χ2v) is 5.78. The monoisotopic (exact) mass is 359 g/mol. The minimum atomic E-state index is -0.215. The molecule has 2 N–H and O–H groups in total. The maximum absolute atomic E-state index is 9.55. The second kappa shape index (κ2) is 6.62. The lowest BCUT2D eigenvalue weighted by Gasteiger charge is -2.19. The number of aliphatic hydroxyl groups is 1. The molecule has 0 spiro atoms. The van der Waals surface area contributed by atoms with Gasteiger partial charge in [-0.15, -0.1) is 0 Å². The molecule has 0 radical (unpaired) electrons. The number of aliphatic hydroxyl groups excluding tert-OH is 1. The van der Waals surface area contributed by atoms with Gasteiger partial charge in [-0.25, -0.2) is 0 Å². The summed E-state index contributed by atoms with van der Waals surface area (Å²) in [4.78, 5) is 0. The van der Waals surface area contributed by atoms with E-state index in [0.29, 0.717) is 10.0 Å². The van der Waals surface area contributed by atoms with Crippen LogP contribution in [0.1, 0.15) is 11.6 Å². The quantitative estimate of drug-likeness (QED) is 0.812. The van der Waals surface area contributed by atoms with Crippen LogP contribution in [0.3, 0.4) is 0 Å². The smallest absolute Gasteiger partial charge is 0.0755 e. The Morgan fingerprint density at radius 1 is 1.05 bits per heavy atom. The summed E-state index contributed by atoms with van der Waals surface area (Å²) in [6.07, 6.45) is 0. The molecule has 1 atom stereocenters. The number of rotatable bonds is 4. The molecule has 2 nitrogen and oxygen atoms in total. The molecule has 100 valence electrons. The van der Waals surface area contributed by atoms with Crippen LogP contribution in [0.25, 0.3) is 0 Å². The average Bonchev–Trinajstić information content (AvgIpc) is 2.39. The SMILES string of the molecule is OCC(Nc1ccc(Cl)cc1)c1ccc(Cl)cc1Br. The van der Waals surface area contributed by atoms with Crippen molar-refractivity contribution in [2.45, 2.75) is 6.04 Å². The molecule has 2 rings (SSSR count). The zero-order chi connectivity index (χ0) is 13.8. The van der Waals surface area contributed by atoms with Crippen LogP contribution in [0.2, 0.25) is 10.0 Å². The largest absolute Gasteiger partial charge is 0.394 e. The number of hydrogen-bond acceptors (Lipinski definition) is 2. The zero-order valence-corrected chi connectivity index (χ0v) is 13.0. The Morgan fingerprint density at radius 2 is 1.68 bits per heavy atom. The number of hydrogen-bond donors (Lipinski definition) is 2. The minimum absolute atomic E-state index is 0.0249. The van der Waals surface area contributed by atoms with E-state index in [-0.39, 0.29) is 12.6 Å². The van der Waals surface area contributed by atoms with Crippen LogP contribution in [0.4, 0.5) is 5.69 Å². The Bertz CT molecular complexity index is 560. The summed E-state index contributed by atoms with van der Waals surface area (Å²) in [5.74, 6) is 0. The van der Waals surface area contributed by atoms with E-state index in [1.807, 2.05) is 24.3 Å². The molecule has 0 aromatic heterocycles. The van der Waals surface area contributed by atoms with Gasteiger partial charge in [0.25, 0.3) is 0 Å². The van der Waals surface area contributed by atoms with E-state index in [1.54, 1.807) is 18.2 Å². The fourth-order valence-electron chi connectivity index (χ4n) is 1.75. The molecule has 0 heterocycles. The molecule has 0 saturated carbocycles. The molecular weight excluding hydrogens is 349 g/mol. The first-order valence-corrected chi connectivity index (χ1v) is 7.23. The predicted molar refractivity (Wildman–Crippen MR) is 84.1 cm³/mol. The number of benzene rings is 2. The normalized spacial score (nSPS) is 12.2. The lowest BCUT2D eigenvalue weighted by molar-refractivity contribution is 0.276. The van der Waals surface area contributed by atoms with Crippen molar-refractivity contribution in [3.8, 4) is 0 Å². The minimum Gasteiger partial charge on any atom is -0.394 e. The molecule has 0 aliphatic heterocycles. The van der Waals surface area contributed by atoms with Crippen molar-refractivity contribution in [1.82, 2.24) is 0 Å². The molecule has 1 unspecified atom stereocenters. The summed E-state index contributed by atoms with van der Waals surface area (Å²) in [5.41, 5.74) is 1.84. The number of anilines is 1. The van der Waals surface area contributed by atoms with Gasteiger partial charge < -0.3 is 10.4 Å². The van der Waals surface area contributed by atoms with Crippen molar-refractivity contribution >= 4 is 44.8 Å². The van der Waals surface area contributed by atoms with Gasteiger partial charge in [-0.3, -0.25) is 0 Å². The van der Waals surface area contributed by atoms with E-state index in [1.165, 1.54) is 0 Å². The molecule has 19 heavy (non-hydrogen) atoms. The van der Waals surface area contributed by atoms with Crippen LogP contribution in [-0.4, -0.2) is 11.7 Å². The molecule has 0 saturated heterocycles. The van der Waals surface area contributed by atoms with Crippen molar-refractivity contribution in [1.29, 1.82) is 0 Å². The highest BCUT2D eigenvalue weighted by atomic mass is 79.9. The van der Waals surface area contributed by atoms with E-state index in [4.69, 9.17) is 23.2 Å². The summed E-state index contributed by atoms with van der Waals surface area (Å²) < 4.78 is 0.862. The lowest BCUT2D eigenvalue weighted by atomic mass is 10.1. The highest BCUT2D eigenvalue weighted by molar-refractivity contribution is 9.10. The standard InChI is InChI=1S/C14H12BrCl2NO/c15-13-7-10(17)3-6-12(13)14(8-19)18-11-4-1-9(16)2-5-11/h1-7,14,18-19H,8H2. The maximum Gasteiger partial charge on any atom is 0.0755 e. The van der Waals surface area contributed by atoms with Crippen LogP contribution in [0.5, 0.6) is 0 Å². The molecule has 0 aliphatic carbocycles. The Morgan fingerprint density at radius 3 is 2.26 bits per heavy atom. The first kappa shape index (κ1) is 14.7. The third kappa shape index (κ3) is 3.86. The summed E-state index contributed by atoms with van der Waals surface area (Å²) in [7, 11) is 0. The van der Waals surface area contributed by atoms with Crippen molar-refractivity contribution in [2.75, 3.05) is 11.9 Å². The van der Waals surface area contributed by atoms with Gasteiger partial charge in [-0.2, -0.15) is 0 Å². The summed E-state index contributed by atoms with van der Waals surface area (Å²) >= 11 is 15.2. The summed E-state index contributed by atoms with van der Waals surface area (Å²) in [6, 6.07) is 12.6. The first-order chi connectivity index (χ1) is 9.10. The van der Waals surface area contributed by atoms with Gasteiger partial charge in [0.2, 0.25) is 0 Å². The molecular formula is C14H12BrCl2NO. The van der Waals surface area contributed by atoms with E-state index in [0.717, 1.165) is 15.7 Å². The Labute approximate surface area is 130 Å². The molecule has 2 aromatic rings. The van der Waals surface area contributed by atoms with Gasteiger partial charge in [-0.1, -0.05) is 45.2 Å². The number of nitrogens with one attached hydrogen (secondary N) is 1. The Balaban J connectivity index is 2.22. The predicted octanol–water partition coefficient (Wildman–Crippen LogP) is 4.90. The fraction of sp³-hybridized carbons (Fsp3) is 0.143. The fourth-order valence-corrected chi connectivity index (χ4v) is 2.84. The third-order valence-corrected chi connectivity index (χ3v) is 3.88. The van der Waals surface area contributed by atoms with Gasteiger partial charge in [0.1, 0.15) is 0 Å². The van der Waals surface area contributed by atoms with Gasteiger partial charge in [-0.05, 0) is 42.0 Å². The van der Waals surface area contributed by atoms with Gasteiger partial charge in [0.15, 0.2) is 0 Å². The van der Waals surface area contributed by atoms with E-state index in [9.17, 15) is 5.11 Å². The topological polar surface area (TPSA) is 32.3 Å². The molecule has 0 amide bonds. The molecule has 0 fully saturated rings. The van der Waals surface area contributed by atoms with Gasteiger partial charge >= 0.3 is 0 Å². The van der Waals surface area contributed by atoms with Crippen molar-refractivity contribution < 1.29 is 5.11 Å². The third-order valence-electron chi connectivity index (χ3n) is 2.71. The highest BCUT2D eigenvalue weighted by Gasteiger charge is 2.13. The van der Waals surface area contributed by atoms with E-state index >= 15 is 0 Å². The Hall–Kier alpha value is -0.740. The first-order valence-electron chi connectivity index (χ1n) is 5.68. The van der Waals surface area contributed by atoms with Gasteiger partial charge in [0.05, 0.1) is 12.6 Å². The van der Waals surface area contributed by atoms with Crippen molar-refractivity contribution in [3.05, 3.63) is 62.5 Å². The van der Waals surface area contributed by atoms with Crippen molar-refractivity contribution in [3.63, 3.8) is 0 Å². The van der Waals surface area contributed by atoms with Gasteiger partial charge in [0, 0.05) is 20.2 Å². The van der Waals surface area contributed by atoms with Crippen LogP contribution in [0.15, 0.2) is 46.9 Å². The van der Waals surface area contributed by atoms with Crippen LogP contribution >= 0.6 is 39.1 Å². The molecule has 2 aromatic carbocycles. The second-order valence-electron chi connectivity index (χ2n) is 4.05. The lowest BCUT2D eigenvalue weighted by Crippen LogP contribution is -2.15. The molecule has 0 aliphatic rings. The highest BCUT2D eigenvalue weighted by Crippen LogP contribution is 2.29. The van der Waals surface area contributed by atoms with E-state index in [2.05, 4.69) is 21.2 Å². The van der Waals surface area contributed by atoms with Crippen LogP contribution in [-0.2, 0) is 0 Å². The van der Waals surface area contributed by atoms with Crippen LogP contribution in [0, 0.1) is 0 Å². The number of halogens is 3. The zero-order valence-electron chi connectivity index (χ0n) is 9.91.